The van der Waals surface area contributed by atoms with Gasteiger partial charge in [0.1, 0.15) is 0 Å². The van der Waals surface area contributed by atoms with Crippen molar-refractivity contribution in [2.75, 3.05) is 6.61 Å². The zero-order valence-electron chi connectivity index (χ0n) is 11.3. The summed E-state index contributed by atoms with van der Waals surface area (Å²) in [6.45, 7) is 6.01. The lowest BCUT2D eigenvalue weighted by Gasteiger charge is -2.00. The summed E-state index contributed by atoms with van der Waals surface area (Å²) in [7, 11) is 0. The van der Waals surface area contributed by atoms with E-state index in [0.29, 0.717) is 12.4 Å². The maximum Gasteiger partial charge on any atom is 0.341 e. The third-order valence-corrected chi connectivity index (χ3v) is 2.21. The van der Waals surface area contributed by atoms with Gasteiger partial charge in [0.15, 0.2) is 5.82 Å². The van der Waals surface area contributed by atoms with E-state index < -0.39 is 5.97 Å². The predicted molar refractivity (Wildman–Crippen MR) is 80.3 cm³/mol. The monoisotopic (exact) mass is 327 g/mol. The molecule has 0 radical (unpaired) electrons. The molecule has 2 N–H and O–H groups in total. The lowest BCUT2D eigenvalue weighted by atomic mass is 10.3. The van der Waals surface area contributed by atoms with E-state index in [1.54, 1.807) is 25.3 Å². The highest BCUT2D eigenvalue weighted by atomic mass is 79.9. The molecule has 0 fully saturated rings. The first-order valence-corrected chi connectivity index (χ1v) is 6.71. The second-order valence-electron chi connectivity index (χ2n) is 2.94. The van der Waals surface area contributed by atoms with Crippen LogP contribution >= 0.6 is 15.9 Å². The number of esters is 1. The highest BCUT2D eigenvalue weighted by Gasteiger charge is 2.06. The number of nitrogens with two attached hydrogens (primary N) is 1. The Balaban J connectivity index is 0.00000154. The molecule has 0 saturated heterocycles. The molecule has 0 aliphatic carbocycles. The van der Waals surface area contributed by atoms with Crippen LogP contribution in [0.5, 0.6) is 0 Å². The van der Waals surface area contributed by atoms with Crippen molar-refractivity contribution in [3.05, 3.63) is 34.6 Å². The SMILES string of the molecule is CC.CCOC(=O)/C(C=Nc1ccc(Br)cn1)=C/N. The number of hydrogen-bond donors (Lipinski definition) is 1. The van der Waals surface area contributed by atoms with Crippen LogP contribution in [0.1, 0.15) is 20.8 Å². The van der Waals surface area contributed by atoms with Crippen LogP contribution in [0, 0.1) is 0 Å². The zero-order valence-corrected chi connectivity index (χ0v) is 12.8. The standard InChI is InChI=1S/C11H12BrN3O2.C2H6/c1-2-17-11(16)8(5-13)6-14-10-4-3-9(12)7-15-10;1-2/h3-7H,2,13H2,1H3;1-2H3/b8-5+,14-6?;. The molecule has 1 aromatic heterocycles. The quantitative estimate of drug-likeness (QED) is 0.524. The predicted octanol–water partition coefficient (Wildman–Crippen LogP) is 2.98. The maximum atomic E-state index is 11.4. The van der Waals surface area contributed by atoms with E-state index in [1.807, 2.05) is 13.8 Å². The Morgan fingerprint density at radius 3 is 2.68 bits per heavy atom. The number of aromatic nitrogens is 1. The van der Waals surface area contributed by atoms with Gasteiger partial charge in [0, 0.05) is 23.1 Å². The highest BCUT2D eigenvalue weighted by Crippen LogP contribution is 2.12. The summed E-state index contributed by atoms with van der Waals surface area (Å²) in [5, 5.41) is 0. The van der Waals surface area contributed by atoms with Crippen molar-refractivity contribution < 1.29 is 9.53 Å². The van der Waals surface area contributed by atoms with Crippen LogP contribution in [0.15, 0.2) is 39.6 Å². The van der Waals surface area contributed by atoms with Gasteiger partial charge >= 0.3 is 5.97 Å². The fourth-order valence-corrected chi connectivity index (χ4v) is 1.19. The minimum Gasteiger partial charge on any atom is -0.462 e. The van der Waals surface area contributed by atoms with E-state index in [0.717, 1.165) is 10.7 Å². The third kappa shape index (κ3) is 6.71. The van der Waals surface area contributed by atoms with Gasteiger partial charge in [-0.3, -0.25) is 0 Å². The Bertz CT molecular complexity index is 442. The summed E-state index contributed by atoms with van der Waals surface area (Å²) >= 11 is 3.26. The van der Waals surface area contributed by atoms with Gasteiger partial charge in [-0.2, -0.15) is 0 Å². The first-order valence-electron chi connectivity index (χ1n) is 5.92. The molecule has 0 bridgehead atoms. The minimum absolute atomic E-state index is 0.191. The van der Waals surface area contributed by atoms with Gasteiger partial charge in [0.25, 0.3) is 0 Å². The van der Waals surface area contributed by atoms with E-state index in [1.165, 1.54) is 6.21 Å². The first-order chi connectivity index (χ1) is 9.17. The Labute approximate surface area is 121 Å². The third-order valence-electron chi connectivity index (χ3n) is 1.74. The summed E-state index contributed by atoms with van der Waals surface area (Å²) in [6.07, 6.45) is 4.09. The number of rotatable bonds is 4. The molecule has 1 heterocycles. The summed E-state index contributed by atoms with van der Waals surface area (Å²) in [6, 6.07) is 3.51. The second kappa shape index (κ2) is 10.3. The van der Waals surface area contributed by atoms with Crippen molar-refractivity contribution in [3.8, 4) is 0 Å². The van der Waals surface area contributed by atoms with Gasteiger partial charge in [-0.05, 0) is 35.0 Å². The molecule has 0 spiro atoms. The molecule has 0 atom stereocenters. The zero-order chi connectivity index (χ0) is 14.7. The van der Waals surface area contributed by atoms with E-state index >= 15 is 0 Å². The molecule has 0 amide bonds. The van der Waals surface area contributed by atoms with Crippen LogP contribution in [-0.2, 0) is 9.53 Å². The van der Waals surface area contributed by atoms with Crippen molar-refractivity contribution in [1.82, 2.24) is 4.98 Å². The molecule has 5 nitrogen and oxygen atoms in total. The smallest absolute Gasteiger partial charge is 0.341 e. The molecule has 0 aromatic carbocycles. The number of hydrogen-bond acceptors (Lipinski definition) is 5. The van der Waals surface area contributed by atoms with E-state index in [9.17, 15) is 4.79 Å². The van der Waals surface area contributed by atoms with Crippen molar-refractivity contribution >= 4 is 33.9 Å². The van der Waals surface area contributed by atoms with Crippen LogP contribution in [0.4, 0.5) is 5.82 Å². The Kier molecular flexibility index (Phi) is 9.34. The van der Waals surface area contributed by atoms with Crippen LogP contribution in [0.25, 0.3) is 0 Å². The molecule has 0 aliphatic rings. The largest absolute Gasteiger partial charge is 0.462 e. The molecule has 0 aliphatic heterocycles. The second-order valence-corrected chi connectivity index (χ2v) is 3.85. The number of halogens is 1. The molecule has 104 valence electrons. The Hall–Kier alpha value is -1.69. The average molecular weight is 328 g/mol. The number of nitrogens with zero attached hydrogens (tertiary/aromatic N) is 2. The average Bonchev–Trinajstić information content (AvgIpc) is 2.44. The highest BCUT2D eigenvalue weighted by molar-refractivity contribution is 9.10. The topological polar surface area (TPSA) is 77.6 Å². The minimum atomic E-state index is -0.504. The van der Waals surface area contributed by atoms with Crippen molar-refractivity contribution in [3.63, 3.8) is 0 Å². The lowest BCUT2D eigenvalue weighted by molar-refractivity contribution is -0.137. The van der Waals surface area contributed by atoms with E-state index in [4.69, 9.17) is 10.5 Å². The summed E-state index contributed by atoms with van der Waals surface area (Å²) in [4.78, 5) is 19.4. The van der Waals surface area contributed by atoms with Gasteiger partial charge in [0.05, 0.1) is 12.2 Å². The fourth-order valence-electron chi connectivity index (χ4n) is 0.958. The Morgan fingerprint density at radius 1 is 1.53 bits per heavy atom. The number of pyridine rings is 1. The van der Waals surface area contributed by atoms with Crippen molar-refractivity contribution in [1.29, 1.82) is 0 Å². The fraction of sp³-hybridized carbons (Fsp3) is 0.308. The van der Waals surface area contributed by atoms with Crippen LogP contribution in [0.2, 0.25) is 0 Å². The molecule has 1 aromatic rings. The normalized spacial score (nSPS) is 10.8. The van der Waals surface area contributed by atoms with Gasteiger partial charge in [0.2, 0.25) is 0 Å². The summed E-state index contributed by atoms with van der Waals surface area (Å²) in [5.74, 6) is -0.0206. The lowest BCUT2D eigenvalue weighted by Crippen LogP contribution is -2.10. The molecule has 0 unspecified atom stereocenters. The number of carbonyl (C=O) groups is 1. The number of aliphatic imine (C=N–C) groups is 1. The molecule has 19 heavy (non-hydrogen) atoms. The molecule has 6 heteroatoms. The summed E-state index contributed by atoms with van der Waals surface area (Å²) in [5.41, 5.74) is 5.50. The van der Waals surface area contributed by atoms with E-state index in [2.05, 4.69) is 25.9 Å². The molecule has 1 rings (SSSR count). The maximum absolute atomic E-state index is 11.4. The Morgan fingerprint density at radius 2 is 2.21 bits per heavy atom. The van der Waals surface area contributed by atoms with Gasteiger partial charge in [-0.1, -0.05) is 13.8 Å². The molecular formula is C13H18BrN3O2. The van der Waals surface area contributed by atoms with Crippen molar-refractivity contribution in [2.24, 2.45) is 10.7 Å². The number of carbonyl (C=O) groups excluding carboxylic acids is 1. The first kappa shape index (κ1) is 17.3. The van der Waals surface area contributed by atoms with Crippen LogP contribution < -0.4 is 5.73 Å². The van der Waals surface area contributed by atoms with E-state index in [-0.39, 0.29) is 5.57 Å². The van der Waals surface area contributed by atoms with Crippen molar-refractivity contribution in [2.45, 2.75) is 20.8 Å². The molecular weight excluding hydrogens is 310 g/mol. The van der Waals surface area contributed by atoms with Crippen LogP contribution in [0.3, 0.4) is 0 Å². The molecule has 0 saturated carbocycles. The van der Waals surface area contributed by atoms with Crippen LogP contribution in [-0.4, -0.2) is 23.8 Å². The number of ether oxygens (including phenoxy) is 1. The van der Waals surface area contributed by atoms with Gasteiger partial charge in [-0.15, -0.1) is 0 Å². The van der Waals surface area contributed by atoms with Gasteiger partial charge in [-0.25, -0.2) is 14.8 Å². The summed E-state index contributed by atoms with van der Waals surface area (Å²) < 4.78 is 5.65. The van der Waals surface area contributed by atoms with Gasteiger partial charge < -0.3 is 10.5 Å².